The van der Waals surface area contributed by atoms with Gasteiger partial charge in [-0.1, -0.05) is 32.9 Å². The first-order chi connectivity index (χ1) is 8.47. The summed E-state index contributed by atoms with van der Waals surface area (Å²) in [7, 11) is 1.71. The van der Waals surface area contributed by atoms with E-state index in [-0.39, 0.29) is 17.9 Å². The smallest absolute Gasteiger partial charge is 0.122 e. The molecule has 1 unspecified atom stereocenters. The molecule has 0 amide bonds. The van der Waals surface area contributed by atoms with Crippen molar-refractivity contribution in [2.45, 2.75) is 44.9 Å². The first kappa shape index (κ1) is 13.4. The Morgan fingerprint density at radius 1 is 1.33 bits per heavy atom. The van der Waals surface area contributed by atoms with E-state index in [9.17, 15) is 5.11 Å². The molecule has 0 heterocycles. The van der Waals surface area contributed by atoms with Crippen LogP contribution in [0.25, 0.3) is 0 Å². The molecule has 100 valence electrons. The Balaban J connectivity index is 2.41. The van der Waals surface area contributed by atoms with Crippen LogP contribution in [-0.2, 0) is 5.41 Å². The maximum Gasteiger partial charge on any atom is 0.122 e. The summed E-state index contributed by atoms with van der Waals surface area (Å²) in [5.41, 5.74) is 2.61. The molecule has 1 saturated carbocycles. The van der Waals surface area contributed by atoms with Crippen LogP contribution in [-0.4, -0.2) is 18.8 Å². The highest BCUT2D eigenvalue weighted by molar-refractivity contribution is 5.42. The lowest BCUT2D eigenvalue weighted by atomic mass is 9.83. The van der Waals surface area contributed by atoms with E-state index < -0.39 is 0 Å². The van der Waals surface area contributed by atoms with E-state index in [0.29, 0.717) is 5.92 Å². The standard InChI is InChI=1S/C16H24O2/c1-16(2,3)12-7-8-15(18-4)13(9-12)14(10-17)11-5-6-11/h7-9,11,14,17H,5-6,10H2,1-4H3. The predicted octanol–water partition coefficient (Wildman–Crippen LogP) is 3.48. The molecule has 1 N–H and O–H groups in total. The van der Waals surface area contributed by atoms with Gasteiger partial charge in [0.25, 0.3) is 0 Å². The van der Waals surface area contributed by atoms with Crippen molar-refractivity contribution in [1.82, 2.24) is 0 Å². The van der Waals surface area contributed by atoms with E-state index >= 15 is 0 Å². The number of aliphatic hydroxyl groups is 1. The third-order valence-corrected chi connectivity index (χ3v) is 3.88. The van der Waals surface area contributed by atoms with Crippen LogP contribution in [0.15, 0.2) is 18.2 Å². The Hall–Kier alpha value is -1.02. The normalized spacial score (nSPS) is 17.6. The number of benzene rings is 1. The first-order valence-electron chi connectivity index (χ1n) is 6.76. The van der Waals surface area contributed by atoms with E-state index in [4.69, 9.17) is 4.74 Å². The van der Waals surface area contributed by atoms with E-state index in [1.54, 1.807) is 7.11 Å². The molecule has 2 rings (SSSR count). The summed E-state index contributed by atoms with van der Waals surface area (Å²) in [4.78, 5) is 0. The number of hydrogen-bond acceptors (Lipinski definition) is 2. The van der Waals surface area contributed by atoms with Gasteiger partial charge in [-0.2, -0.15) is 0 Å². The second-order valence-electron chi connectivity index (χ2n) is 6.33. The molecule has 1 aliphatic carbocycles. The van der Waals surface area contributed by atoms with Crippen LogP contribution in [0.5, 0.6) is 5.75 Å². The Kier molecular flexibility index (Phi) is 3.67. The van der Waals surface area contributed by atoms with Crippen molar-refractivity contribution in [3.8, 4) is 5.75 Å². The maximum atomic E-state index is 9.65. The molecule has 18 heavy (non-hydrogen) atoms. The fourth-order valence-electron chi connectivity index (χ4n) is 2.49. The third kappa shape index (κ3) is 2.69. The summed E-state index contributed by atoms with van der Waals surface area (Å²) in [6.07, 6.45) is 2.46. The number of aliphatic hydroxyl groups excluding tert-OH is 1. The Morgan fingerprint density at radius 3 is 2.44 bits per heavy atom. The topological polar surface area (TPSA) is 29.5 Å². The molecule has 2 nitrogen and oxygen atoms in total. The van der Waals surface area contributed by atoms with E-state index in [0.717, 1.165) is 5.75 Å². The van der Waals surface area contributed by atoms with Crippen molar-refractivity contribution in [3.63, 3.8) is 0 Å². The molecule has 0 spiro atoms. The van der Waals surface area contributed by atoms with Crippen LogP contribution >= 0.6 is 0 Å². The van der Waals surface area contributed by atoms with Gasteiger partial charge in [0.15, 0.2) is 0 Å². The van der Waals surface area contributed by atoms with Gasteiger partial charge in [0.2, 0.25) is 0 Å². The average Bonchev–Trinajstić information content (AvgIpc) is 3.13. The summed E-state index contributed by atoms with van der Waals surface area (Å²) in [5.74, 6) is 1.79. The van der Waals surface area contributed by atoms with Crippen LogP contribution in [0.3, 0.4) is 0 Å². The minimum atomic E-state index is 0.130. The fraction of sp³-hybridized carbons (Fsp3) is 0.625. The molecule has 1 fully saturated rings. The van der Waals surface area contributed by atoms with Gasteiger partial charge in [-0.3, -0.25) is 0 Å². The van der Waals surface area contributed by atoms with Gasteiger partial charge in [0, 0.05) is 11.5 Å². The summed E-state index contributed by atoms with van der Waals surface area (Å²) in [6, 6.07) is 6.39. The van der Waals surface area contributed by atoms with Gasteiger partial charge in [0.05, 0.1) is 13.7 Å². The zero-order valence-corrected chi connectivity index (χ0v) is 11.9. The largest absolute Gasteiger partial charge is 0.496 e. The van der Waals surface area contributed by atoms with Gasteiger partial charge in [-0.25, -0.2) is 0 Å². The second kappa shape index (κ2) is 4.93. The van der Waals surface area contributed by atoms with Gasteiger partial charge < -0.3 is 9.84 Å². The molecule has 1 aliphatic rings. The van der Waals surface area contributed by atoms with Crippen molar-refractivity contribution in [1.29, 1.82) is 0 Å². The Morgan fingerprint density at radius 2 is 2.00 bits per heavy atom. The lowest BCUT2D eigenvalue weighted by Crippen LogP contribution is -2.14. The van der Waals surface area contributed by atoms with Crippen molar-refractivity contribution in [2.75, 3.05) is 13.7 Å². The molecule has 2 heteroatoms. The molecule has 0 aromatic heterocycles. The van der Waals surface area contributed by atoms with Crippen LogP contribution in [0, 0.1) is 5.92 Å². The predicted molar refractivity (Wildman–Crippen MR) is 74.2 cm³/mol. The third-order valence-electron chi connectivity index (χ3n) is 3.88. The van der Waals surface area contributed by atoms with Crippen molar-refractivity contribution in [2.24, 2.45) is 5.92 Å². The second-order valence-corrected chi connectivity index (χ2v) is 6.33. The van der Waals surface area contributed by atoms with E-state index in [2.05, 4.69) is 32.9 Å². The maximum absolute atomic E-state index is 9.65. The van der Waals surface area contributed by atoms with Crippen molar-refractivity contribution < 1.29 is 9.84 Å². The molecule has 1 atom stereocenters. The summed E-state index contributed by atoms with van der Waals surface area (Å²) in [6.45, 7) is 6.85. The number of methoxy groups -OCH3 is 1. The molecule has 0 saturated heterocycles. The van der Waals surface area contributed by atoms with E-state index in [1.165, 1.54) is 24.0 Å². The minimum absolute atomic E-state index is 0.130. The van der Waals surface area contributed by atoms with Crippen LogP contribution in [0.1, 0.15) is 50.7 Å². The summed E-state index contributed by atoms with van der Waals surface area (Å²) < 4.78 is 5.46. The zero-order chi connectivity index (χ0) is 13.3. The summed E-state index contributed by atoms with van der Waals surface area (Å²) in [5, 5.41) is 9.65. The SMILES string of the molecule is COc1ccc(C(C)(C)C)cc1C(CO)C1CC1. The minimum Gasteiger partial charge on any atom is -0.496 e. The van der Waals surface area contributed by atoms with Gasteiger partial charge in [0.1, 0.15) is 5.75 Å². The Bertz CT molecular complexity index is 414. The average molecular weight is 248 g/mol. The fourth-order valence-corrected chi connectivity index (χ4v) is 2.49. The van der Waals surface area contributed by atoms with Gasteiger partial charge in [-0.05, 0) is 35.8 Å². The highest BCUT2D eigenvalue weighted by Crippen LogP contribution is 2.45. The molecule has 0 radical (unpaired) electrons. The molecule has 0 aliphatic heterocycles. The summed E-state index contributed by atoms with van der Waals surface area (Å²) >= 11 is 0. The quantitative estimate of drug-likeness (QED) is 0.884. The molecule has 1 aromatic rings. The van der Waals surface area contributed by atoms with Crippen LogP contribution < -0.4 is 4.74 Å². The monoisotopic (exact) mass is 248 g/mol. The lowest BCUT2D eigenvalue weighted by Gasteiger charge is -2.24. The highest BCUT2D eigenvalue weighted by Gasteiger charge is 2.34. The molecule has 0 bridgehead atoms. The first-order valence-corrected chi connectivity index (χ1v) is 6.76. The van der Waals surface area contributed by atoms with Crippen LogP contribution in [0.4, 0.5) is 0 Å². The van der Waals surface area contributed by atoms with Crippen molar-refractivity contribution in [3.05, 3.63) is 29.3 Å². The van der Waals surface area contributed by atoms with Gasteiger partial charge >= 0.3 is 0 Å². The van der Waals surface area contributed by atoms with Gasteiger partial charge in [-0.15, -0.1) is 0 Å². The molecular weight excluding hydrogens is 224 g/mol. The number of hydrogen-bond donors (Lipinski definition) is 1. The molecule has 1 aromatic carbocycles. The Labute approximate surface area is 110 Å². The number of ether oxygens (including phenoxy) is 1. The highest BCUT2D eigenvalue weighted by atomic mass is 16.5. The van der Waals surface area contributed by atoms with Crippen molar-refractivity contribution >= 4 is 0 Å². The molecular formula is C16H24O2. The van der Waals surface area contributed by atoms with Crippen LogP contribution in [0.2, 0.25) is 0 Å². The zero-order valence-electron chi connectivity index (χ0n) is 11.9. The number of rotatable bonds is 4. The lowest BCUT2D eigenvalue weighted by molar-refractivity contribution is 0.249. The van der Waals surface area contributed by atoms with E-state index in [1.807, 2.05) is 6.07 Å².